The van der Waals surface area contributed by atoms with Crippen molar-refractivity contribution >= 4 is 39.1 Å². The summed E-state index contributed by atoms with van der Waals surface area (Å²) in [6.07, 6.45) is 2.93. The lowest BCUT2D eigenvalue weighted by molar-refractivity contribution is 0.102. The lowest BCUT2D eigenvalue weighted by Gasteiger charge is -2.07. The van der Waals surface area contributed by atoms with Crippen LogP contribution in [0.2, 0.25) is 5.02 Å². The largest absolute Gasteiger partial charge is 0.319 e. The van der Waals surface area contributed by atoms with Gasteiger partial charge in [0, 0.05) is 10.7 Å². The minimum Gasteiger partial charge on any atom is -0.319 e. The van der Waals surface area contributed by atoms with Crippen molar-refractivity contribution in [1.82, 2.24) is 4.98 Å². The van der Waals surface area contributed by atoms with Gasteiger partial charge in [0.25, 0.3) is 5.91 Å². The van der Waals surface area contributed by atoms with Gasteiger partial charge in [0.2, 0.25) is 0 Å². The minimum absolute atomic E-state index is 0.190. The van der Waals surface area contributed by atoms with Gasteiger partial charge in [-0.1, -0.05) is 11.6 Å². The van der Waals surface area contributed by atoms with E-state index in [-0.39, 0.29) is 5.56 Å². The Kier molecular flexibility index (Phi) is 3.93. The molecule has 0 saturated carbocycles. The highest BCUT2D eigenvalue weighted by atomic mass is 79.9. The predicted molar refractivity (Wildman–Crippen MR) is 71.3 cm³/mol. The molecule has 0 unspecified atom stereocenters. The maximum absolute atomic E-state index is 13.1. The Morgan fingerprint density at radius 3 is 2.89 bits per heavy atom. The second-order valence-corrected chi connectivity index (χ2v) is 4.70. The Hall–Kier alpha value is -1.46. The number of nitrogens with zero attached hydrogens (tertiary/aromatic N) is 1. The molecule has 6 heteroatoms. The maximum Gasteiger partial charge on any atom is 0.256 e. The SMILES string of the molecule is O=C(Nc1cnccc1Cl)c1cc(F)ccc1Br. The van der Waals surface area contributed by atoms with E-state index >= 15 is 0 Å². The zero-order chi connectivity index (χ0) is 13.1. The van der Waals surface area contributed by atoms with Crippen molar-refractivity contribution in [2.45, 2.75) is 0 Å². The zero-order valence-corrected chi connectivity index (χ0v) is 11.3. The van der Waals surface area contributed by atoms with Gasteiger partial charge in [-0.3, -0.25) is 9.78 Å². The number of anilines is 1. The topological polar surface area (TPSA) is 42.0 Å². The van der Waals surface area contributed by atoms with E-state index in [9.17, 15) is 9.18 Å². The van der Waals surface area contributed by atoms with Crippen LogP contribution in [0, 0.1) is 5.82 Å². The molecule has 2 aromatic rings. The number of rotatable bonds is 2. The monoisotopic (exact) mass is 328 g/mol. The molecular weight excluding hydrogens is 322 g/mol. The summed E-state index contributed by atoms with van der Waals surface area (Å²) < 4.78 is 13.6. The normalized spacial score (nSPS) is 10.2. The molecule has 0 aliphatic heterocycles. The number of carbonyl (C=O) groups is 1. The number of carbonyl (C=O) groups excluding carboxylic acids is 1. The summed E-state index contributed by atoms with van der Waals surface area (Å²) in [5.74, 6) is -0.947. The first kappa shape index (κ1) is 13.0. The first-order valence-electron chi connectivity index (χ1n) is 4.94. The molecule has 2 rings (SSSR count). The highest BCUT2D eigenvalue weighted by Gasteiger charge is 2.12. The van der Waals surface area contributed by atoms with Gasteiger partial charge < -0.3 is 5.32 Å². The third-order valence-corrected chi connectivity index (χ3v) is 3.21. The van der Waals surface area contributed by atoms with Gasteiger partial charge >= 0.3 is 0 Å². The number of aromatic nitrogens is 1. The van der Waals surface area contributed by atoms with Crippen LogP contribution in [-0.2, 0) is 0 Å². The van der Waals surface area contributed by atoms with Crippen LogP contribution in [0.15, 0.2) is 41.1 Å². The van der Waals surface area contributed by atoms with Crippen LogP contribution in [-0.4, -0.2) is 10.9 Å². The highest BCUT2D eigenvalue weighted by molar-refractivity contribution is 9.10. The molecule has 0 fully saturated rings. The molecule has 0 aliphatic rings. The highest BCUT2D eigenvalue weighted by Crippen LogP contribution is 2.22. The molecule has 1 amide bonds. The first-order chi connectivity index (χ1) is 8.58. The van der Waals surface area contributed by atoms with E-state index in [0.29, 0.717) is 15.2 Å². The van der Waals surface area contributed by atoms with E-state index in [1.54, 1.807) is 6.07 Å². The van der Waals surface area contributed by atoms with Crippen LogP contribution < -0.4 is 5.32 Å². The molecule has 1 aromatic heterocycles. The molecule has 3 nitrogen and oxygen atoms in total. The summed E-state index contributed by atoms with van der Waals surface area (Å²) in [5, 5.41) is 2.93. The van der Waals surface area contributed by atoms with Gasteiger partial charge in [0.1, 0.15) is 5.82 Å². The van der Waals surface area contributed by atoms with E-state index in [1.807, 2.05) is 0 Å². The Balaban J connectivity index is 2.28. The van der Waals surface area contributed by atoms with Crippen molar-refractivity contribution in [3.8, 4) is 0 Å². The molecule has 0 saturated heterocycles. The minimum atomic E-state index is -0.486. The summed E-state index contributed by atoms with van der Waals surface area (Å²) in [5.41, 5.74) is 0.565. The summed E-state index contributed by atoms with van der Waals surface area (Å²) in [4.78, 5) is 15.8. The molecule has 18 heavy (non-hydrogen) atoms. The number of benzene rings is 1. The van der Waals surface area contributed by atoms with Crippen molar-refractivity contribution in [1.29, 1.82) is 0 Å². The summed E-state index contributed by atoms with van der Waals surface area (Å²) in [6, 6.07) is 5.43. The van der Waals surface area contributed by atoms with Crippen LogP contribution >= 0.6 is 27.5 Å². The smallest absolute Gasteiger partial charge is 0.256 e. The van der Waals surface area contributed by atoms with Gasteiger partial charge in [0.05, 0.1) is 22.5 Å². The Morgan fingerprint density at radius 2 is 2.17 bits per heavy atom. The Labute approximate surface area is 116 Å². The Bertz CT molecular complexity index is 606. The molecule has 0 radical (unpaired) electrons. The zero-order valence-electron chi connectivity index (χ0n) is 8.95. The van der Waals surface area contributed by atoms with Gasteiger partial charge in [-0.2, -0.15) is 0 Å². The fourth-order valence-corrected chi connectivity index (χ4v) is 1.91. The van der Waals surface area contributed by atoms with Crippen molar-refractivity contribution in [3.05, 3.63) is 57.5 Å². The van der Waals surface area contributed by atoms with E-state index in [0.717, 1.165) is 6.07 Å². The molecule has 1 aromatic carbocycles. The van der Waals surface area contributed by atoms with Gasteiger partial charge in [-0.15, -0.1) is 0 Å². The van der Waals surface area contributed by atoms with Crippen molar-refractivity contribution in [2.24, 2.45) is 0 Å². The molecule has 0 spiro atoms. The van der Waals surface area contributed by atoms with Gasteiger partial charge in [0.15, 0.2) is 0 Å². The standard InChI is InChI=1S/C12H7BrClFN2O/c13-9-2-1-7(15)5-8(9)12(18)17-11-6-16-4-3-10(11)14/h1-6H,(H,17,18). The molecular formula is C12H7BrClFN2O. The summed E-state index contributed by atoms with van der Waals surface area (Å²) in [6.45, 7) is 0. The third kappa shape index (κ3) is 2.86. The number of nitrogens with one attached hydrogen (secondary N) is 1. The van der Waals surface area contributed by atoms with Crippen molar-refractivity contribution in [2.75, 3.05) is 5.32 Å². The van der Waals surface area contributed by atoms with E-state index in [1.165, 1.54) is 24.5 Å². The average molecular weight is 330 g/mol. The van der Waals surface area contributed by atoms with Crippen LogP contribution in [0.5, 0.6) is 0 Å². The third-order valence-electron chi connectivity index (χ3n) is 2.19. The molecule has 0 bridgehead atoms. The second kappa shape index (κ2) is 5.46. The fraction of sp³-hybridized carbons (Fsp3) is 0. The van der Waals surface area contributed by atoms with E-state index in [2.05, 4.69) is 26.2 Å². The van der Waals surface area contributed by atoms with Crippen LogP contribution in [0.4, 0.5) is 10.1 Å². The predicted octanol–water partition coefficient (Wildman–Crippen LogP) is 3.89. The molecule has 1 heterocycles. The van der Waals surface area contributed by atoms with E-state index < -0.39 is 11.7 Å². The lowest BCUT2D eigenvalue weighted by Crippen LogP contribution is -2.13. The van der Waals surface area contributed by atoms with Crippen LogP contribution in [0.25, 0.3) is 0 Å². The lowest BCUT2D eigenvalue weighted by atomic mass is 10.2. The maximum atomic E-state index is 13.1. The quantitative estimate of drug-likeness (QED) is 0.908. The van der Waals surface area contributed by atoms with Crippen molar-refractivity contribution in [3.63, 3.8) is 0 Å². The van der Waals surface area contributed by atoms with Gasteiger partial charge in [-0.25, -0.2) is 4.39 Å². The molecule has 0 atom stereocenters. The first-order valence-corrected chi connectivity index (χ1v) is 6.11. The van der Waals surface area contributed by atoms with Crippen LogP contribution in [0.3, 0.4) is 0 Å². The Morgan fingerprint density at radius 1 is 1.39 bits per heavy atom. The number of hydrogen-bond donors (Lipinski definition) is 1. The van der Waals surface area contributed by atoms with Crippen LogP contribution in [0.1, 0.15) is 10.4 Å². The number of halogens is 3. The number of pyridine rings is 1. The van der Waals surface area contributed by atoms with Gasteiger partial charge in [-0.05, 0) is 40.2 Å². The summed E-state index contributed by atoms with van der Waals surface area (Å²) >= 11 is 9.07. The van der Waals surface area contributed by atoms with E-state index in [4.69, 9.17) is 11.6 Å². The number of amides is 1. The molecule has 0 aliphatic carbocycles. The number of hydrogen-bond acceptors (Lipinski definition) is 2. The van der Waals surface area contributed by atoms with Crippen molar-refractivity contribution < 1.29 is 9.18 Å². The molecule has 92 valence electrons. The average Bonchev–Trinajstić information content (AvgIpc) is 2.35. The molecule has 1 N–H and O–H groups in total. The second-order valence-electron chi connectivity index (χ2n) is 3.43. The summed E-state index contributed by atoms with van der Waals surface area (Å²) in [7, 11) is 0. The fourth-order valence-electron chi connectivity index (χ4n) is 1.33.